The number of aliphatic hydroxyl groups excluding tert-OH is 1. The van der Waals surface area contributed by atoms with E-state index in [1.165, 1.54) is 12.8 Å². The average molecular weight is 270 g/mol. The van der Waals surface area contributed by atoms with Crippen LogP contribution in [0.2, 0.25) is 0 Å². The Bertz CT molecular complexity index is 496. The third-order valence-electron chi connectivity index (χ3n) is 9.19. The first-order valence-electron chi connectivity index (χ1n) is 9.08. The van der Waals surface area contributed by atoms with Crippen LogP contribution in [0, 0.1) is 71.0 Å². The van der Waals surface area contributed by atoms with Crippen molar-refractivity contribution in [3.63, 3.8) is 0 Å². The number of hydrogen-bond donors (Lipinski definition) is 1. The summed E-state index contributed by atoms with van der Waals surface area (Å²) < 4.78 is 0. The summed E-state index contributed by atoms with van der Waals surface area (Å²) in [5.41, 5.74) is 0. The van der Waals surface area contributed by atoms with Gasteiger partial charge in [-0.3, -0.25) is 0 Å². The Balaban J connectivity index is 1.43. The van der Waals surface area contributed by atoms with Gasteiger partial charge in [0.1, 0.15) is 0 Å². The zero-order valence-corrected chi connectivity index (χ0v) is 12.4. The van der Waals surface area contributed by atoms with Gasteiger partial charge in [-0.1, -0.05) is 19.1 Å². The molecule has 0 aliphatic heterocycles. The molecule has 6 aliphatic carbocycles. The Morgan fingerprint density at radius 1 is 0.800 bits per heavy atom. The fourth-order valence-corrected chi connectivity index (χ4v) is 9.00. The summed E-state index contributed by atoms with van der Waals surface area (Å²) in [6, 6.07) is 0. The van der Waals surface area contributed by atoms with Gasteiger partial charge in [-0.2, -0.15) is 0 Å². The highest BCUT2D eigenvalue weighted by atomic mass is 16.3. The van der Waals surface area contributed by atoms with E-state index in [4.69, 9.17) is 0 Å². The largest absolute Gasteiger partial charge is 0.396 e. The molecule has 0 amide bonds. The lowest BCUT2D eigenvalue weighted by molar-refractivity contribution is -0.0106. The zero-order chi connectivity index (χ0) is 13.2. The number of aliphatic hydroxyl groups is 1. The average Bonchev–Trinajstić information content (AvgIpc) is 3.23. The fraction of sp³-hybridized carbons (Fsp3) is 0.895. The molecule has 1 N–H and O–H groups in total. The van der Waals surface area contributed by atoms with Crippen molar-refractivity contribution in [1.29, 1.82) is 0 Å². The Labute approximate surface area is 121 Å². The van der Waals surface area contributed by atoms with Gasteiger partial charge in [-0.05, 0) is 90.3 Å². The highest BCUT2D eigenvalue weighted by Gasteiger charge is 2.71. The predicted octanol–water partition coefficient (Wildman–Crippen LogP) is 3.20. The quantitative estimate of drug-likeness (QED) is 0.573. The van der Waals surface area contributed by atoms with Gasteiger partial charge in [0, 0.05) is 6.61 Å². The van der Waals surface area contributed by atoms with E-state index in [1.807, 2.05) is 0 Å². The fourth-order valence-electron chi connectivity index (χ4n) is 9.00. The molecule has 1 heteroatoms. The molecule has 0 radical (unpaired) electrons. The minimum absolute atomic E-state index is 0.461. The maximum Gasteiger partial charge on any atom is 0.0464 e. The summed E-state index contributed by atoms with van der Waals surface area (Å²) in [5.74, 6) is 11.6. The van der Waals surface area contributed by atoms with Crippen LogP contribution in [0.25, 0.3) is 0 Å². The van der Waals surface area contributed by atoms with E-state index in [0.717, 1.165) is 65.1 Å². The van der Waals surface area contributed by atoms with Crippen LogP contribution >= 0.6 is 0 Å². The van der Waals surface area contributed by atoms with Crippen molar-refractivity contribution in [2.75, 3.05) is 6.61 Å². The molecule has 0 aromatic rings. The highest BCUT2D eigenvalue weighted by Crippen LogP contribution is 2.77. The number of fused-ring (bicyclic) bond motifs is 16. The molecule has 6 bridgehead atoms. The Morgan fingerprint density at radius 3 is 2.05 bits per heavy atom. The van der Waals surface area contributed by atoms with Gasteiger partial charge in [-0.25, -0.2) is 0 Å². The van der Waals surface area contributed by atoms with E-state index >= 15 is 0 Å². The van der Waals surface area contributed by atoms with Crippen molar-refractivity contribution >= 4 is 0 Å². The summed E-state index contributed by atoms with van der Waals surface area (Å²) in [7, 11) is 0. The second-order valence-electron chi connectivity index (χ2n) is 9.09. The standard InChI is InChI=1S/C19H26O/c1-8-11-5-12(15(8)7-20)19-14-6-13(18(11)19)16-9-2-3-10(4-9)17(14)16/h2-3,8-20H,4-7H2,1H3. The maximum atomic E-state index is 9.83. The maximum absolute atomic E-state index is 9.83. The van der Waals surface area contributed by atoms with Crippen molar-refractivity contribution in [2.45, 2.75) is 26.2 Å². The lowest BCUT2D eigenvalue weighted by Crippen LogP contribution is -2.44. The van der Waals surface area contributed by atoms with Crippen LogP contribution < -0.4 is 0 Å². The topological polar surface area (TPSA) is 20.2 Å². The molecule has 5 saturated carbocycles. The third kappa shape index (κ3) is 0.988. The van der Waals surface area contributed by atoms with E-state index in [9.17, 15) is 5.11 Å². The SMILES string of the molecule is CC1C(CO)C2CC1C1C3CC(C4C5C=CC(C5)C34)C21. The predicted molar refractivity (Wildman–Crippen MR) is 77.6 cm³/mol. The van der Waals surface area contributed by atoms with Crippen LogP contribution in [0.1, 0.15) is 26.2 Å². The molecule has 6 rings (SSSR count). The summed E-state index contributed by atoms with van der Waals surface area (Å²) in [6.07, 6.45) is 9.68. The Kier molecular flexibility index (Phi) is 1.90. The molecular weight excluding hydrogens is 244 g/mol. The van der Waals surface area contributed by atoms with E-state index in [-0.39, 0.29) is 0 Å². The van der Waals surface area contributed by atoms with Gasteiger partial charge in [0.15, 0.2) is 0 Å². The molecule has 0 heterocycles. The second kappa shape index (κ2) is 3.37. The molecule has 6 aliphatic rings. The van der Waals surface area contributed by atoms with E-state index < -0.39 is 0 Å². The second-order valence-corrected chi connectivity index (χ2v) is 9.09. The van der Waals surface area contributed by atoms with E-state index in [2.05, 4.69) is 19.1 Å². The van der Waals surface area contributed by atoms with Crippen LogP contribution in [0.3, 0.4) is 0 Å². The first kappa shape index (κ1) is 11.3. The molecule has 5 fully saturated rings. The van der Waals surface area contributed by atoms with Crippen LogP contribution in [0.4, 0.5) is 0 Å². The molecule has 0 saturated heterocycles. The molecular formula is C19H26O. The van der Waals surface area contributed by atoms with Gasteiger partial charge >= 0.3 is 0 Å². The number of hydrogen-bond acceptors (Lipinski definition) is 1. The van der Waals surface area contributed by atoms with Gasteiger partial charge < -0.3 is 5.11 Å². The number of rotatable bonds is 1. The highest BCUT2D eigenvalue weighted by molar-refractivity contribution is 5.25. The van der Waals surface area contributed by atoms with Crippen molar-refractivity contribution in [2.24, 2.45) is 71.0 Å². The van der Waals surface area contributed by atoms with Crippen molar-refractivity contribution in [1.82, 2.24) is 0 Å². The van der Waals surface area contributed by atoms with Gasteiger partial charge in [0.25, 0.3) is 0 Å². The van der Waals surface area contributed by atoms with Crippen LogP contribution in [-0.2, 0) is 0 Å². The number of allylic oxidation sites excluding steroid dienone is 2. The van der Waals surface area contributed by atoms with Gasteiger partial charge in [0.05, 0.1) is 0 Å². The molecule has 0 aromatic heterocycles. The summed E-state index contributed by atoms with van der Waals surface area (Å²) in [5, 5.41) is 9.83. The molecule has 108 valence electrons. The first-order chi connectivity index (χ1) is 9.79. The van der Waals surface area contributed by atoms with Crippen molar-refractivity contribution in [3.8, 4) is 0 Å². The molecule has 12 unspecified atom stereocenters. The Morgan fingerprint density at radius 2 is 1.40 bits per heavy atom. The molecule has 0 spiro atoms. The van der Waals surface area contributed by atoms with E-state index in [1.54, 1.807) is 6.42 Å². The van der Waals surface area contributed by atoms with Gasteiger partial charge in [-0.15, -0.1) is 0 Å². The molecule has 12 atom stereocenters. The molecule has 1 nitrogen and oxygen atoms in total. The lowest BCUT2D eigenvalue weighted by atomic mass is 9.57. The molecule has 0 aromatic carbocycles. The van der Waals surface area contributed by atoms with Crippen LogP contribution in [0.15, 0.2) is 12.2 Å². The van der Waals surface area contributed by atoms with Crippen LogP contribution in [-0.4, -0.2) is 11.7 Å². The molecule has 20 heavy (non-hydrogen) atoms. The van der Waals surface area contributed by atoms with Gasteiger partial charge in [0.2, 0.25) is 0 Å². The monoisotopic (exact) mass is 270 g/mol. The minimum Gasteiger partial charge on any atom is -0.396 e. The minimum atomic E-state index is 0.461. The van der Waals surface area contributed by atoms with E-state index in [0.29, 0.717) is 12.5 Å². The lowest BCUT2D eigenvalue weighted by Gasteiger charge is -2.47. The van der Waals surface area contributed by atoms with Crippen LogP contribution in [0.5, 0.6) is 0 Å². The van der Waals surface area contributed by atoms with Crippen molar-refractivity contribution < 1.29 is 5.11 Å². The summed E-state index contributed by atoms with van der Waals surface area (Å²) in [6.45, 7) is 2.91. The van der Waals surface area contributed by atoms with Crippen molar-refractivity contribution in [3.05, 3.63) is 12.2 Å². The zero-order valence-electron chi connectivity index (χ0n) is 12.4. The summed E-state index contributed by atoms with van der Waals surface area (Å²) >= 11 is 0. The summed E-state index contributed by atoms with van der Waals surface area (Å²) in [4.78, 5) is 0. The first-order valence-corrected chi connectivity index (χ1v) is 9.08. The normalized spacial score (nSPS) is 70.9. The smallest absolute Gasteiger partial charge is 0.0464 e. The Hall–Kier alpha value is -0.300. The third-order valence-corrected chi connectivity index (χ3v) is 9.19.